The molecule has 0 unspecified atom stereocenters. The number of halogens is 4. The molecule has 0 N–H and O–H groups in total. The number of cyclic esters (lactones) is 1. The molecule has 3 rings (SSSR count). The third kappa shape index (κ3) is 4.43. The van der Waals surface area contributed by atoms with Crippen LogP contribution >= 0.6 is 50.7 Å². The van der Waals surface area contributed by atoms with Gasteiger partial charge in [0, 0.05) is 0 Å². The molecule has 1 heterocycles. The van der Waals surface area contributed by atoms with E-state index in [1.165, 1.54) is 0 Å². The number of imide groups is 1. The van der Waals surface area contributed by atoms with Gasteiger partial charge in [-0.05, 0) is 11.1 Å². The molecule has 8 heteroatoms. The number of carbonyl (C=O) groups excluding carboxylic acids is 2. The second-order valence-corrected chi connectivity index (χ2v) is 9.40. The van der Waals surface area contributed by atoms with Crippen molar-refractivity contribution in [3.05, 3.63) is 71.8 Å². The molecule has 1 aliphatic heterocycles. The Hall–Kier alpha value is -1.27. The predicted molar refractivity (Wildman–Crippen MR) is 109 cm³/mol. The molecule has 2 aromatic rings. The summed E-state index contributed by atoms with van der Waals surface area (Å²) in [6.07, 6.45) is -0.749. The van der Waals surface area contributed by atoms with Gasteiger partial charge in [-0.3, -0.25) is 4.79 Å². The quantitative estimate of drug-likeness (QED) is 0.506. The number of hydrogen-bond donors (Lipinski definition) is 0. The first-order valence-electron chi connectivity index (χ1n) is 8.11. The summed E-state index contributed by atoms with van der Waals surface area (Å²) < 4.78 is 3.18. The molecule has 2 aromatic carbocycles. The fourth-order valence-electron chi connectivity index (χ4n) is 3.00. The first-order valence-corrected chi connectivity index (χ1v) is 10.2. The molecule has 142 valence electrons. The van der Waals surface area contributed by atoms with Gasteiger partial charge in [0.15, 0.2) is 0 Å². The number of alkyl halides is 4. The number of ether oxygens (including phenoxy) is 1. The summed E-state index contributed by atoms with van der Waals surface area (Å²) in [5, 5.41) is 0. The van der Waals surface area contributed by atoms with Crippen molar-refractivity contribution in [1.82, 2.24) is 4.90 Å². The lowest BCUT2D eigenvalue weighted by Gasteiger charge is -2.32. The minimum Gasteiger partial charge on any atom is -0.446 e. The molecule has 0 spiro atoms. The van der Waals surface area contributed by atoms with Gasteiger partial charge in [-0.1, -0.05) is 111 Å². The number of benzene rings is 2. The summed E-state index contributed by atoms with van der Waals surface area (Å²) in [6, 6.07) is 17.7. The largest absolute Gasteiger partial charge is 0.446 e. The van der Waals surface area contributed by atoms with Crippen LogP contribution in [0.4, 0.5) is 4.79 Å². The molecule has 1 fully saturated rings. The Balaban J connectivity index is 1.97. The summed E-state index contributed by atoms with van der Waals surface area (Å²) in [7, 11) is 0. The van der Waals surface area contributed by atoms with Crippen molar-refractivity contribution in [2.24, 2.45) is 5.92 Å². The lowest BCUT2D eigenvalue weighted by molar-refractivity contribution is -0.133. The Morgan fingerprint density at radius 2 is 1.63 bits per heavy atom. The predicted octanol–water partition coefficient (Wildman–Crippen LogP) is 5.83. The zero-order chi connectivity index (χ0) is 19.6. The number of carbonyl (C=O) groups is 2. The monoisotopic (exact) mass is 489 g/mol. The summed E-state index contributed by atoms with van der Waals surface area (Å²) in [5.74, 6) is -1.75. The molecule has 0 saturated carbocycles. The van der Waals surface area contributed by atoms with Gasteiger partial charge >= 0.3 is 6.09 Å². The van der Waals surface area contributed by atoms with Crippen LogP contribution in [-0.4, -0.2) is 27.3 Å². The van der Waals surface area contributed by atoms with Crippen LogP contribution in [0.2, 0.25) is 0 Å². The topological polar surface area (TPSA) is 46.6 Å². The van der Waals surface area contributed by atoms with E-state index in [0.29, 0.717) is 0 Å². The van der Waals surface area contributed by atoms with E-state index in [-0.39, 0.29) is 6.61 Å². The van der Waals surface area contributed by atoms with Crippen LogP contribution in [0.5, 0.6) is 0 Å². The highest BCUT2D eigenvalue weighted by Gasteiger charge is 2.50. The molecular weight excluding hydrogens is 476 g/mol. The van der Waals surface area contributed by atoms with Crippen molar-refractivity contribution >= 4 is 62.7 Å². The van der Waals surface area contributed by atoms with Crippen LogP contribution in [0.1, 0.15) is 22.0 Å². The number of hydrogen-bond acceptors (Lipinski definition) is 3. The summed E-state index contributed by atoms with van der Waals surface area (Å²) >= 11 is 22.0. The van der Waals surface area contributed by atoms with Gasteiger partial charge in [0.1, 0.15) is 18.6 Å². The van der Waals surface area contributed by atoms with E-state index in [1.54, 1.807) is 0 Å². The molecule has 4 nitrogen and oxygen atoms in total. The zero-order valence-corrected chi connectivity index (χ0v) is 17.8. The van der Waals surface area contributed by atoms with Gasteiger partial charge in [-0.15, -0.1) is 0 Å². The fraction of sp³-hybridized carbons (Fsp3) is 0.263. The minimum atomic E-state index is -1.94. The lowest BCUT2D eigenvalue weighted by atomic mass is 9.97. The van der Waals surface area contributed by atoms with Crippen molar-refractivity contribution in [2.45, 2.75) is 14.7 Å². The summed E-state index contributed by atoms with van der Waals surface area (Å²) in [5.41, 5.74) is 1.52. The molecular formula is C19H15BrCl3NO3. The average Bonchev–Trinajstić information content (AvgIpc) is 3.03. The maximum atomic E-state index is 13.3. The van der Waals surface area contributed by atoms with Gasteiger partial charge in [-0.25, -0.2) is 9.69 Å². The van der Waals surface area contributed by atoms with Crippen LogP contribution in [0.15, 0.2) is 60.7 Å². The van der Waals surface area contributed by atoms with Crippen molar-refractivity contribution in [3.8, 4) is 0 Å². The Kier molecular flexibility index (Phi) is 6.36. The SMILES string of the molecule is O=C1OC[C@@H](c2ccccc2)N1C(=O)[C@@H]([C@H](Br)c1ccccc1)C(Cl)(Cl)Cl. The zero-order valence-electron chi connectivity index (χ0n) is 13.9. The molecule has 1 aliphatic rings. The third-order valence-corrected chi connectivity index (χ3v) is 6.09. The number of rotatable bonds is 4. The standard InChI is InChI=1S/C19H15BrCl3NO3/c20-16(13-9-5-2-6-10-13)15(19(21,22)23)17(25)24-14(11-27-18(24)26)12-7-3-1-4-8-12/h1-10,14-16H,11H2/t14-,15+,16+/m0/s1. The Labute approximate surface area is 180 Å². The van der Waals surface area contributed by atoms with Crippen molar-refractivity contribution < 1.29 is 14.3 Å². The van der Waals surface area contributed by atoms with Crippen LogP contribution < -0.4 is 0 Å². The van der Waals surface area contributed by atoms with Gasteiger partial charge in [0.05, 0.1) is 4.83 Å². The summed E-state index contributed by atoms with van der Waals surface area (Å²) in [6.45, 7) is 0.0550. The van der Waals surface area contributed by atoms with Crippen molar-refractivity contribution in [2.75, 3.05) is 6.61 Å². The molecule has 27 heavy (non-hydrogen) atoms. The summed E-state index contributed by atoms with van der Waals surface area (Å²) in [4.78, 5) is 26.1. The van der Waals surface area contributed by atoms with Gasteiger partial charge < -0.3 is 4.74 Å². The third-order valence-electron chi connectivity index (χ3n) is 4.32. The van der Waals surface area contributed by atoms with Gasteiger partial charge in [-0.2, -0.15) is 0 Å². The van der Waals surface area contributed by atoms with E-state index >= 15 is 0 Å². The lowest BCUT2D eigenvalue weighted by Crippen LogP contribution is -2.44. The van der Waals surface area contributed by atoms with Gasteiger partial charge in [0.25, 0.3) is 0 Å². The van der Waals surface area contributed by atoms with Crippen LogP contribution in [0.25, 0.3) is 0 Å². The van der Waals surface area contributed by atoms with Crippen LogP contribution in [0.3, 0.4) is 0 Å². The maximum Gasteiger partial charge on any atom is 0.417 e. The van der Waals surface area contributed by atoms with Crippen molar-refractivity contribution in [1.29, 1.82) is 0 Å². The Bertz CT molecular complexity index is 814. The normalized spacial score (nSPS) is 19.5. The van der Waals surface area contributed by atoms with Crippen LogP contribution in [-0.2, 0) is 9.53 Å². The number of amides is 2. The second-order valence-electron chi connectivity index (χ2n) is 6.04. The first-order chi connectivity index (χ1) is 12.8. The van der Waals surface area contributed by atoms with Crippen LogP contribution in [0, 0.1) is 5.92 Å². The smallest absolute Gasteiger partial charge is 0.417 e. The first kappa shape index (κ1) is 20.5. The van der Waals surface area contributed by atoms with Gasteiger partial charge in [0.2, 0.25) is 9.70 Å². The Morgan fingerprint density at radius 3 is 2.19 bits per heavy atom. The van der Waals surface area contributed by atoms with E-state index < -0.39 is 32.6 Å². The van der Waals surface area contributed by atoms with Crippen molar-refractivity contribution in [3.63, 3.8) is 0 Å². The molecule has 2 amide bonds. The molecule has 0 bridgehead atoms. The molecule has 0 aliphatic carbocycles. The Morgan fingerprint density at radius 1 is 1.07 bits per heavy atom. The average molecular weight is 492 g/mol. The highest BCUT2D eigenvalue weighted by molar-refractivity contribution is 9.09. The second kappa shape index (κ2) is 8.39. The van der Waals surface area contributed by atoms with E-state index in [4.69, 9.17) is 39.5 Å². The maximum absolute atomic E-state index is 13.3. The van der Waals surface area contributed by atoms with E-state index in [1.807, 2.05) is 60.7 Å². The van der Waals surface area contributed by atoms with E-state index in [0.717, 1.165) is 16.0 Å². The number of nitrogens with zero attached hydrogens (tertiary/aromatic N) is 1. The fourth-order valence-corrected chi connectivity index (χ4v) is 5.04. The molecule has 3 atom stereocenters. The van der Waals surface area contributed by atoms with E-state index in [2.05, 4.69) is 15.9 Å². The molecule has 0 radical (unpaired) electrons. The highest BCUT2D eigenvalue weighted by atomic mass is 79.9. The molecule has 1 saturated heterocycles. The van der Waals surface area contributed by atoms with E-state index in [9.17, 15) is 9.59 Å². The highest BCUT2D eigenvalue weighted by Crippen LogP contribution is 2.48. The minimum absolute atomic E-state index is 0.0550. The molecule has 0 aromatic heterocycles.